The van der Waals surface area contributed by atoms with Gasteiger partial charge in [0, 0.05) is 17.2 Å². The molecule has 0 saturated carbocycles. The molecule has 4 rings (SSSR count). The minimum Gasteiger partial charge on any atom is -0.376 e. The molecule has 0 bridgehead atoms. The number of ether oxygens (including phenoxy) is 1. The molecule has 1 aliphatic heterocycles. The highest BCUT2D eigenvalue weighted by Crippen LogP contribution is 2.28. The molecule has 3 nitrogen and oxygen atoms in total. The predicted molar refractivity (Wildman–Crippen MR) is 93.9 cm³/mol. The molecule has 0 N–H and O–H groups in total. The van der Waals surface area contributed by atoms with Crippen molar-refractivity contribution in [2.24, 2.45) is 0 Å². The van der Waals surface area contributed by atoms with Gasteiger partial charge in [0.2, 0.25) is 0 Å². The third kappa shape index (κ3) is 2.87. The SMILES string of the molecule is Cc1ccc(-c2nc3cc(Cl)ccc3n2CC2CCCO2)cc1. The Morgan fingerprint density at radius 1 is 1.22 bits per heavy atom. The fourth-order valence-electron chi connectivity index (χ4n) is 3.20. The lowest BCUT2D eigenvalue weighted by molar-refractivity contribution is 0.0982. The van der Waals surface area contributed by atoms with Crippen molar-refractivity contribution in [2.45, 2.75) is 32.4 Å². The van der Waals surface area contributed by atoms with Crippen LogP contribution in [-0.4, -0.2) is 22.3 Å². The van der Waals surface area contributed by atoms with Gasteiger partial charge in [0.15, 0.2) is 0 Å². The molecule has 1 atom stereocenters. The first-order valence-electron chi connectivity index (χ1n) is 8.05. The number of aromatic nitrogens is 2. The Morgan fingerprint density at radius 3 is 2.78 bits per heavy atom. The van der Waals surface area contributed by atoms with Gasteiger partial charge in [0.05, 0.1) is 23.7 Å². The summed E-state index contributed by atoms with van der Waals surface area (Å²) in [6.07, 6.45) is 2.52. The number of imidazole rings is 1. The van der Waals surface area contributed by atoms with Gasteiger partial charge in [0.25, 0.3) is 0 Å². The van der Waals surface area contributed by atoms with Crippen molar-refractivity contribution in [2.75, 3.05) is 6.61 Å². The van der Waals surface area contributed by atoms with Gasteiger partial charge < -0.3 is 9.30 Å². The average molecular weight is 327 g/mol. The molecular weight excluding hydrogens is 308 g/mol. The average Bonchev–Trinajstić information content (AvgIpc) is 3.17. The molecule has 2 heterocycles. The van der Waals surface area contributed by atoms with Crippen LogP contribution in [0.1, 0.15) is 18.4 Å². The predicted octanol–water partition coefficient (Wildman–Crippen LogP) is 4.84. The number of benzene rings is 2. The number of aryl methyl sites for hydroxylation is 1. The maximum atomic E-state index is 6.14. The van der Waals surface area contributed by atoms with Gasteiger partial charge in [-0.05, 0) is 38.0 Å². The standard InChI is InChI=1S/C19H19ClN2O/c1-13-4-6-14(7-5-13)19-21-17-11-15(20)8-9-18(17)22(19)12-16-3-2-10-23-16/h4-9,11,16H,2-3,10,12H2,1H3. The van der Waals surface area contributed by atoms with Crippen LogP contribution in [0.3, 0.4) is 0 Å². The number of hydrogen-bond donors (Lipinski definition) is 0. The minimum atomic E-state index is 0.271. The van der Waals surface area contributed by atoms with Crippen LogP contribution in [0.15, 0.2) is 42.5 Å². The molecule has 4 heteroatoms. The summed E-state index contributed by atoms with van der Waals surface area (Å²) in [5, 5.41) is 0.717. The van der Waals surface area contributed by atoms with Gasteiger partial charge in [-0.25, -0.2) is 4.98 Å². The molecule has 1 unspecified atom stereocenters. The van der Waals surface area contributed by atoms with Crippen LogP contribution >= 0.6 is 11.6 Å². The maximum Gasteiger partial charge on any atom is 0.141 e. The van der Waals surface area contributed by atoms with Crippen molar-refractivity contribution in [1.82, 2.24) is 9.55 Å². The Balaban J connectivity index is 1.85. The fourth-order valence-corrected chi connectivity index (χ4v) is 3.37. The molecule has 1 aromatic heterocycles. The molecule has 118 valence electrons. The first kappa shape index (κ1) is 14.7. The molecule has 0 amide bonds. The van der Waals surface area contributed by atoms with Crippen molar-refractivity contribution in [1.29, 1.82) is 0 Å². The van der Waals surface area contributed by atoms with Crippen molar-refractivity contribution in [3.63, 3.8) is 0 Å². The summed E-state index contributed by atoms with van der Waals surface area (Å²) in [6, 6.07) is 14.4. The third-order valence-corrected chi connectivity index (χ3v) is 4.67. The lowest BCUT2D eigenvalue weighted by Crippen LogP contribution is -2.15. The second-order valence-electron chi connectivity index (χ2n) is 6.18. The van der Waals surface area contributed by atoms with Crippen LogP contribution < -0.4 is 0 Å². The zero-order valence-corrected chi connectivity index (χ0v) is 13.9. The summed E-state index contributed by atoms with van der Waals surface area (Å²) in [5.74, 6) is 0.984. The highest BCUT2D eigenvalue weighted by atomic mass is 35.5. The van der Waals surface area contributed by atoms with Crippen LogP contribution in [-0.2, 0) is 11.3 Å². The molecule has 2 aromatic carbocycles. The maximum absolute atomic E-state index is 6.14. The lowest BCUT2D eigenvalue weighted by Gasteiger charge is -2.14. The van der Waals surface area contributed by atoms with Gasteiger partial charge in [-0.15, -0.1) is 0 Å². The monoisotopic (exact) mass is 326 g/mol. The summed E-state index contributed by atoms with van der Waals surface area (Å²) in [4.78, 5) is 4.84. The molecule has 1 aliphatic rings. The van der Waals surface area contributed by atoms with Crippen LogP contribution in [0.4, 0.5) is 0 Å². The summed E-state index contributed by atoms with van der Waals surface area (Å²) in [6.45, 7) is 3.79. The first-order valence-corrected chi connectivity index (χ1v) is 8.43. The van der Waals surface area contributed by atoms with E-state index in [4.69, 9.17) is 21.3 Å². The van der Waals surface area contributed by atoms with E-state index in [-0.39, 0.29) is 6.10 Å². The number of halogens is 1. The molecule has 0 spiro atoms. The van der Waals surface area contributed by atoms with Gasteiger partial charge >= 0.3 is 0 Å². The van der Waals surface area contributed by atoms with Crippen LogP contribution in [0, 0.1) is 6.92 Å². The van der Waals surface area contributed by atoms with E-state index in [0.717, 1.165) is 53.4 Å². The largest absolute Gasteiger partial charge is 0.376 e. The Kier molecular flexibility index (Phi) is 3.83. The summed E-state index contributed by atoms with van der Waals surface area (Å²) in [7, 11) is 0. The van der Waals surface area contributed by atoms with Crippen LogP contribution in [0.25, 0.3) is 22.4 Å². The van der Waals surface area contributed by atoms with E-state index in [0.29, 0.717) is 0 Å². The molecular formula is C19H19ClN2O. The number of hydrogen-bond acceptors (Lipinski definition) is 2. The lowest BCUT2D eigenvalue weighted by atomic mass is 10.1. The zero-order valence-electron chi connectivity index (χ0n) is 13.1. The van der Waals surface area contributed by atoms with Gasteiger partial charge in [-0.1, -0.05) is 41.4 Å². The summed E-state index contributed by atoms with van der Waals surface area (Å²) >= 11 is 6.14. The van der Waals surface area contributed by atoms with Gasteiger partial charge in [-0.2, -0.15) is 0 Å². The quantitative estimate of drug-likeness (QED) is 0.688. The minimum absolute atomic E-state index is 0.271. The van der Waals surface area contributed by atoms with Crippen LogP contribution in [0.5, 0.6) is 0 Å². The molecule has 23 heavy (non-hydrogen) atoms. The van der Waals surface area contributed by atoms with Crippen molar-refractivity contribution < 1.29 is 4.74 Å². The second kappa shape index (κ2) is 5.99. The molecule has 1 fully saturated rings. The Morgan fingerprint density at radius 2 is 2.04 bits per heavy atom. The van der Waals surface area contributed by atoms with Gasteiger partial charge in [-0.3, -0.25) is 0 Å². The van der Waals surface area contributed by atoms with Crippen molar-refractivity contribution in [3.05, 3.63) is 53.1 Å². The highest BCUT2D eigenvalue weighted by molar-refractivity contribution is 6.31. The number of fused-ring (bicyclic) bond motifs is 1. The Labute approximate surface area is 140 Å². The Hall–Kier alpha value is -1.84. The van der Waals surface area contributed by atoms with Gasteiger partial charge in [0.1, 0.15) is 5.82 Å². The summed E-state index contributed by atoms with van der Waals surface area (Å²) in [5.41, 5.74) is 4.42. The first-order chi connectivity index (χ1) is 11.2. The van der Waals surface area contributed by atoms with E-state index in [9.17, 15) is 0 Å². The second-order valence-corrected chi connectivity index (χ2v) is 6.62. The van der Waals surface area contributed by atoms with Crippen LogP contribution in [0.2, 0.25) is 5.02 Å². The highest BCUT2D eigenvalue weighted by Gasteiger charge is 2.20. The zero-order chi connectivity index (χ0) is 15.8. The molecule has 0 aliphatic carbocycles. The van der Waals surface area contributed by atoms with E-state index >= 15 is 0 Å². The third-order valence-electron chi connectivity index (χ3n) is 4.43. The normalized spacial score (nSPS) is 17.9. The van der Waals surface area contributed by atoms with E-state index < -0.39 is 0 Å². The van der Waals surface area contributed by atoms with E-state index in [1.807, 2.05) is 12.1 Å². The summed E-state index contributed by atoms with van der Waals surface area (Å²) < 4.78 is 8.10. The van der Waals surface area contributed by atoms with E-state index in [1.54, 1.807) is 0 Å². The number of nitrogens with zero attached hydrogens (tertiary/aromatic N) is 2. The smallest absolute Gasteiger partial charge is 0.141 e. The fraction of sp³-hybridized carbons (Fsp3) is 0.316. The van der Waals surface area contributed by atoms with E-state index in [1.165, 1.54) is 5.56 Å². The molecule has 0 radical (unpaired) electrons. The van der Waals surface area contributed by atoms with Crippen molar-refractivity contribution in [3.8, 4) is 11.4 Å². The topological polar surface area (TPSA) is 27.1 Å². The Bertz CT molecular complexity index is 832. The number of rotatable bonds is 3. The van der Waals surface area contributed by atoms with E-state index in [2.05, 4.69) is 41.8 Å². The molecule has 1 saturated heterocycles. The van der Waals surface area contributed by atoms with Crippen molar-refractivity contribution >= 4 is 22.6 Å². The molecule has 3 aromatic rings.